The van der Waals surface area contributed by atoms with Crippen molar-refractivity contribution in [3.8, 4) is 10.6 Å². The number of rotatable bonds is 3. The Hall–Kier alpha value is -1.56. The van der Waals surface area contributed by atoms with Crippen LogP contribution in [0.1, 0.15) is 50.6 Å². The lowest BCUT2D eigenvalue weighted by Crippen LogP contribution is -2.59. The summed E-state index contributed by atoms with van der Waals surface area (Å²) >= 11 is 7.43. The van der Waals surface area contributed by atoms with Gasteiger partial charge in [-0.05, 0) is 46.2 Å². The zero-order valence-corrected chi connectivity index (χ0v) is 17.1. The van der Waals surface area contributed by atoms with Crippen LogP contribution < -0.4 is 0 Å². The van der Waals surface area contributed by atoms with Crippen LogP contribution in [0.25, 0.3) is 10.6 Å². The number of aromatic nitrogens is 1. The first kappa shape index (κ1) is 19.2. The summed E-state index contributed by atoms with van der Waals surface area (Å²) in [6.45, 7) is 9.01. The number of hydrogen-bond donors (Lipinski definition) is 0. The van der Waals surface area contributed by atoms with E-state index in [2.05, 4.69) is 4.98 Å². The Balaban J connectivity index is 2.08. The number of benzene rings is 1. The lowest BCUT2D eigenvalue weighted by Gasteiger charge is -2.43. The number of carbonyl (C=O) groups excluding carboxylic acids is 2. The van der Waals surface area contributed by atoms with Crippen LogP contribution in [0.2, 0.25) is 5.02 Å². The summed E-state index contributed by atoms with van der Waals surface area (Å²) in [4.78, 5) is 31.7. The van der Waals surface area contributed by atoms with Gasteiger partial charge in [0.25, 0.3) is 0 Å². The molecule has 0 N–H and O–H groups in total. The predicted molar refractivity (Wildman–Crippen MR) is 104 cm³/mol. The van der Waals surface area contributed by atoms with E-state index in [1.165, 1.54) is 11.3 Å². The number of halogens is 1. The third-order valence-corrected chi connectivity index (χ3v) is 6.28. The first-order valence-corrected chi connectivity index (χ1v) is 9.80. The molecule has 1 aliphatic heterocycles. The molecule has 2 heterocycles. The highest BCUT2D eigenvalue weighted by Gasteiger charge is 2.55. The van der Waals surface area contributed by atoms with Gasteiger partial charge >= 0.3 is 0 Å². The van der Waals surface area contributed by atoms with E-state index in [9.17, 15) is 9.59 Å². The van der Waals surface area contributed by atoms with E-state index in [1.54, 1.807) is 32.9 Å². The first-order valence-electron chi connectivity index (χ1n) is 8.61. The van der Waals surface area contributed by atoms with Crippen LogP contribution in [0.3, 0.4) is 0 Å². The van der Waals surface area contributed by atoms with Gasteiger partial charge < -0.3 is 4.74 Å². The molecule has 1 aliphatic rings. The molecule has 4 nitrogen and oxygen atoms in total. The Kier molecular flexibility index (Phi) is 4.84. The molecule has 1 aromatic carbocycles. The molecule has 3 rings (SSSR count). The maximum atomic E-state index is 13.1. The minimum Gasteiger partial charge on any atom is -0.354 e. The van der Waals surface area contributed by atoms with Gasteiger partial charge in [-0.1, -0.05) is 30.7 Å². The average molecular weight is 392 g/mol. The normalized spacial score (nSPS) is 25.5. The zero-order valence-electron chi connectivity index (χ0n) is 15.6. The molecule has 0 bridgehead atoms. The number of carbonyl (C=O) groups is 2. The molecule has 6 heteroatoms. The Morgan fingerprint density at radius 2 is 1.77 bits per heavy atom. The maximum Gasteiger partial charge on any atom is 0.180 e. The van der Waals surface area contributed by atoms with Crippen molar-refractivity contribution in [3.63, 3.8) is 0 Å². The van der Waals surface area contributed by atoms with Crippen LogP contribution in [-0.4, -0.2) is 27.8 Å². The van der Waals surface area contributed by atoms with Gasteiger partial charge in [-0.15, -0.1) is 11.3 Å². The van der Waals surface area contributed by atoms with Crippen LogP contribution in [0.15, 0.2) is 24.3 Å². The fraction of sp³-hybridized carbons (Fsp3) is 0.450. The highest BCUT2D eigenvalue weighted by atomic mass is 35.5. The topological polar surface area (TPSA) is 56.3 Å². The number of thiazole rings is 1. The second-order valence-electron chi connectivity index (χ2n) is 7.33. The standard InChI is InChI=1S/C20H22ClNO3S/c1-6-20(5)17(24)14(16(23)19(3,4)25-20)15-11(2)26-18(22-15)12-7-9-13(21)10-8-12/h7-10,14H,6H2,1-5H3. The van der Waals surface area contributed by atoms with Crippen molar-refractivity contribution >= 4 is 34.5 Å². The molecule has 2 aromatic rings. The average Bonchev–Trinajstić information content (AvgIpc) is 2.95. The second kappa shape index (κ2) is 6.55. The Labute approximate surface area is 162 Å². The second-order valence-corrected chi connectivity index (χ2v) is 8.97. The molecule has 138 valence electrons. The van der Waals surface area contributed by atoms with Crippen LogP contribution in [-0.2, 0) is 14.3 Å². The van der Waals surface area contributed by atoms with Gasteiger partial charge in [-0.25, -0.2) is 4.98 Å². The maximum absolute atomic E-state index is 13.1. The van der Waals surface area contributed by atoms with E-state index in [-0.39, 0.29) is 11.6 Å². The first-order chi connectivity index (χ1) is 12.1. The van der Waals surface area contributed by atoms with Gasteiger partial charge in [0.15, 0.2) is 11.6 Å². The fourth-order valence-corrected chi connectivity index (χ4v) is 4.40. The number of ketones is 2. The molecule has 0 radical (unpaired) electrons. The van der Waals surface area contributed by atoms with E-state index >= 15 is 0 Å². The third-order valence-electron chi connectivity index (χ3n) is 4.99. The summed E-state index contributed by atoms with van der Waals surface area (Å²) in [6, 6.07) is 7.38. The summed E-state index contributed by atoms with van der Waals surface area (Å²) in [6.07, 6.45) is 0.506. The van der Waals surface area contributed by atoms with Gasteiger partial charge in [0, 0.05) is 15.5 Å². The molecule has 2 unspecified atom stereocenters. The highest BCUT2D eigenvalue weighted by Crippen LogP contribution is 2.42. The molecular formula is C20H22ClNO3S. The smallest absolute Gasteiger partial charge is 0.180 e. The minimum absolute atomic E-state index is 0.208. The van der Waals surface area contributed by atoms with E-state index in [0.29, 0.717) is 17.1 Å². The van der Waals surface area contributed by atoms with Crippen molar-refractivity contribution in [2.75, 3.05) is 0 Å². The monoisotopic (exact) mass is 391 g/mol. The number of hydrogen-bond acceptors (Lipinski definition) is 5. The van der Waals surface area contributed by atoms with Gasteiger partial charge in [-0.2, -0.15) is 0 Å². The molecule has 0 amide bonds. The molecule has 26 heavy (non-hydrogen) atoms. The SMILES string of the molecule is CCC1(C)OC(C)(C)C(=O)C(c2nc(-c3ccc(Cl)cc3)sc2C)C1=O. The number of aryl methyl sites for hydroxylation is 1. The van der Waals surface area contributed by atoms with Crippen LogP contribution >= 0.6 is 22.9 Å². The van der Waals surface area contributed by atoms with E-state index < -0.39 is 17.1 Å². The van der Waals surface area contributed by atoms with E-state index in [4.69, 9.17) is 16.3 Å². The van der Waals surface area contributed by atoms with Crippen LogP contribution in [0.4, 0.5) is 0 Å². The molecule has 1 fully saturated rings. The molecular weight excluding hydrogens is 370 g/mol. The summed E-state index contributed by atoms with van der Waals surface area (Å²) in [5.41, 5.74) is -0.553. The van der Waals surface area contributed by atoms with E-state index in [1.807, 2.05) is 26.0 Å². The largest absolute Gasteiger partial charge is 0.354 e. The van der Waals surface area contributed by atoms with Gasteiger partial charge in [0.1, 0.15) is 22.1 Å². The number of nitrogens with zero attached hydrogens (tertiary/aromatic N) is 1. The van der Waals surface area contributed by atoms with Crippen molar-refractivity contribution in [2.45, 2.75) is 58.2 Å². The number of Topliss-reactive ketones (excluding diaryl/α,β-unsaturated/α-hetero) is 2. The Bertz CT molecular complexity index is 872. The zero-order chi connectivity index (χ0) is 19.3. The molecule has 1 aromatic heterocycles. The predicted octanol–water partition coefficient (Wildman–Crippen LogP) is 4.97. The lowest BCUT2D eigenvalue weighted by atomic mass is 9.75. The van der Waals surface area contributed by atoms with Gasteiger partial charge in [0.05, 0.1) is 5.69 Å². The lowest BCUT2D eigenvalue weighted by molar-refractivity contribution is -0.188. The third kappa shape index (κ3) is 3.13. The van der Waals surface area contributed by atoms with Crippen molar-refractivity contribution in [3.05, 3.63) is 39.9 Å². The summed E-state index contributed by atoms with van der Waals surface area (Å²) in [5.74, 6) is -1.33. The van der Waals surface area contributed by atoms with Gasteiger partial charge in [0.2, 0.25) is 0 Å². The fourth-order valence-electron chi connectivity index (χ4n) is 3.32. The Morgan fingerprint density at radius 3 is 2.35 bits per heavy atom. The quantitative estimate of drug-likeness (QED) is 0.693. The summed E-state index contributed by atoms with van der Waals surface area (Å²) < 4.78 is 5.89. The highest BCUT2D eigenvalue weighted by molar-refractivity contribution is 7.15. The molecule has 0 aliphatic carbocycles. The number of ether oxygens (including phenoxy) is 1. The van der Waals surface area contributed by atoms with Crippen molar-refractivity contribution in [1.82, 2.24) is 4.98 Å². The van der Waals surface area contributed by atoms with Crippen molar-refractivity contribution in [2.24, 2.45) is 0 Å². The van der Waals surface area contributed by atoms with E-state index in [0.717, 1.165) is 15.4 Å². The van der Waals surface area contributed by atoms with Crippen LogP contribution in [0.5, 0.6) is 0 Å². The summed E-state index contributed by atoms with van der Waals surface area (Å²) in [5, 5.41) is 1.43. The van der Waals surface area contributed by atoms with Crippen molar-refractivity contribution < 1.29 is 14.3 Å². The minimum atomic E-state index is -1.03. The van der Waals surface area contributed by atoms with Gasteiger partial charge in [-0.3, -0.25) is 9.59 Å². The molecule has 2 atom stereocenters. The molecule has 0 saturated carbocycles. The summed E-state index contributed by atoms with van der Waals surface area (Å²) in [7, 11) is 0. The van der Waals surface area contributed by atoms with Crippen molar-refractivity contribution in [1.29, 1.82) is 0 Å². The Morgan fingerprint density at radius 1 is 1.15 bits per heavy atom. The molecule has 0 spiro atoms. The van der Waals surface area contributed by atoms with Crippen LogP contribution in [0, 0.1) is 6.92 Å². The molecule has 1 saturated heterocycles.